The fourth-order valence-electron chi connectivity index (χ4n) is 1.77. The summed E-state index contributed by atoms with van der Waals surface area (Å²) in [5, 5.41) is 20.7. The van der Waals surface area contributed by atoms with Gasteiger partial charge in [0.15, 0.2) is 0 Å². The van der Waals surface area contributed by atoms with Crippen LogP contribution in [0.25, 0.3) is 0 Å². The second kappa shape index (κ2) is 6.38. The summed E-state index contributed by atoms with van der Waals surface area (Å²) in [5.74, 6) is -1.31. The predicted molar refractivity (Wildman–Crippen MR) is 67.9 cm³/mol. The highest BCUT2D eigenvalue weighted by atomic mass is 16.4. The molecule has 3 N–H and O–H groups in total. The van der Waals surface area contributed by atoms with Gasteiger partial charge in [-0.3, -0.25) is 4.79 Å². The molecular weight excluding hydrogens is 250 g/mol. The number of carboxylic acids is 1. The van der Waals surface area contributed by atoms with Gasteiger partial charge in [-0.25, -0.2) is 4.79 Å². The minimum atomic E-state index is -1.12. The minimum absolute atomic E-state index is 0.00416. The van der Waals surface area contributed by atoms with Crippen LogP contribution in [0.2, 0.25) is 0 Å². The summed E-state index contributed by atoms with van der Waals surface area (Å²) >= 11 is 0. The van der Waals surface area contributed by atoms with Crippen LogP contribution in [0.3, 0.4) is 0 Å². The topological polar surface area (TPSA) is 99.8 Å². The number of amides is 1. The molecule has 6 heteroatoms. The number of furan rings is 1. The maximum atomic E-state index is 11.9. The van der Waals surface area contributed by atoms with Crippen LogP contribution in [0.5, 0.6) is 0 Å². The zero-order chi connectivity index (χ0) is 14.5. The molecule has 0 fully saturated rings. The predicted octanol–water partition coefficient (Wildman–Crippen LogP) is 1.19. The third-order valence-electron chi connectivity index (χ3n) is 3.18. The molecule has 19 heavy (non-hydrogen) atoms. The Balaban J connectivity index is 2.69. The Hall–Kier alpha value is -1.82. The van der Waals surface area contributed by atoms with Gasteiger partial charge in [0.2, 0.25) is 5.91 Å². The molecule has 6 nitrogen and oxygen atoms in total. The van der Waals surface area contributed by atoms with Crippen molar-refractivity contribution in [1.29, 1.82) is 0 Å². The van der Waals surface area contributed by atoms with Crippen LogP contribution in [-0.2, 0) is 11.2 Å². The van der Waals surface area contributed by atoms with E-state index >= 15 is 0 Å². The molecule has 0 radical (unpaired) electrons. The molecule has 0 aromatic carbocycles. The van der Waals surface area contributed by atoms with Gasteiger partial charge in [-0.2, -0.15) is 0 Å². The van der Waals surface area contributed by atoms with E-state index in [9.17, 15) is 9.59 Å². The number of carbonyl (C=O) groups excluding carboxylic acids is 1. The van der Waals surface area contributed by atoms with Crippen molar-refractivity contribution >= 4 is 11.9 Å². The molecule has 1 amide bonds. The molecule has 1 rings (SSSR count). The summed E-state index contributed by atoms with van der Waals surface area (Å²) < 4.78 is 5.01. The molecule has 1 unspecified atom stereocenters. The van der Waals surface area contributed by atoms with Gasteiger partial charge in [0.1, 0.15) is 11.3 Å². The maximum absolute atomic E-state index is 11.9. The fourth-order valence-corrected chi connectivity index (χ4v) is 1.77. The lowest BCUT2D eigenvalue weighted by atomic mass is 9.94. The van der Waals surface area contributed by atoms with Crippen LogP contribution in [0.1, 0.15) is 42.8 Å². The maximum Gasteiger partial charge on any atom is 0.339 e. The van der Waals surface area contributed by atoms with Crippen LogP contribution < -0.4 is 5.32 Å². The molecule has 0 spiro atoms. The molecule has 1 atom stereocenters. The van der Waals surface area contributed by atoms with Gasteiger partial charge in [-0.1, -0.05) is 6.92 Å². The van der Waals surface area contributed by atoms with Crippen molar-refractivity contribution in [3.8, 4) is 0 Å². The molecule has 106 valence electrons. The van der Waals surface area contributed by atoms with E-state index in [1.165, 1.54) is 12.3 Å². The number of carboxylic acid groups (broad SMARTS) is 1. The van der Waals surface area contributed by atoms with Crippen molar-refractivity contribution < 1.29 is 24.2 Å². The first kappa shape index (κ1) is 15.2. The second-order valence-corrected chi connectivity index (χ2v) is 4.68. The van der Waals surface area contributed by atoms with E-state index in [1.807, 2.05) is 13.8 Å². The van der Waals surface area contributed by atoms with Crippen LogP contribution in [0.15, 0.2) is 16.7 Å². The van der Waals surface area contributed by atoms with Gasteiger partial charge in [-0.15, -0.1) is 0 Å². The van der Waals surface area contributed by atoms with Crippen LogP contribution in [0, 0.1) is 0 Å². The number of nitrogens with one attached hydrogen (secondary N) is 1. The first-order valence-electron chi connectivity index (χ1n) is 6.13. The number of aliphatic hydroxyl groups is 1. The lowest BCUT2D eigenvalue weighted by molar-refractivity contribution is -0.122. The summed E-state index contributed by atoms with van der Waals surface area (Å²) in [5.41, 5.74) is -0.502. The standard InChI is InChI=1S/C13H19NO5/c1-3-13(2,5-6-15)14-11(16)8-10-9(12(17)18)4-7-19-10/h4,7,15H,3,5-6,8H2,1-2H3,(H,14,16)(H,17,18). The molecule has 0 saturated heterocycles. The molecule has 1 aromatic heterocycles. The summed E-state index contributed by atoms with van der Waals surface area (Å²) in [6.45, 7) is 3.72. The lowest BCUT2D eigenvalue weighted by Crippen LogP contribution is -2.46. The first-order valence-corrected chi connectivity index (χ1v) is 6.13. The van der Waals surface area contributed by atoms with Crippen LogP contribution >= 0.6 is 0 Å². The molecule has 0 aliphatic rings. The fraction of sp³-hybridized carbons (Fsp3) is 0.538. The van der Waals surface area contributed by atoms with Gasteiger partial charge in [0.05, 0.1) is 12.7 Å². The van der Waals surface area contributed by atoms with Gasteiger partial charge in [0, 0.05) is 12.1 Å². The molecule has 1 heterocycles. The highest BCUT2D eigenvalue weighted by Crippen LogP contribution is 2.16. The van der Waals surface area contributed by atoms with Gasteiger partial charge >= 0.3 is 5.97 Å². The van der Waals surface area contributed by atoms with E-state index < -0.39 is 11.5 Å². The average Bonchev–Trinajstić information content (AvgIpc) is 2.77. The largest absolute Gasteiger partial charge is 0.478 e. The van der Waals surface area contributed by atoms with Crippen molar-refractivity contribution in [2.75, 3.05) is 6.61 Å². The third kappa shape index (κ3) is 4.10. The molecule has 0 bridgehead atoms. The number of rotatable bonds is 7. The highest BCUT2D eigenvalue weighted by Gasteiger charge is 2.25. The van der Waals surface area contributed by atoms with Crippen LogP contribution in [-0.4, -0.2) is 34.2 Å². The van der Waals surface area contributed by atoms with E-state index in [0.29, 0.717) is 12.8 Å². The molecule has 0 aliphatic carbocycles. The number of carbonyl (C=O) groups is 2. The van der Waals surface area contributed by atoms with Gasteiger partial charge in [0.25, 0.3) is 0 Å². The van der Waals surface area contributed by atoms with E-state index in [2.05, 4.69) is 5.32 Å². The zero-order valence-corrected chi connectivity index (χ0v) is 11.1. The number of aromatic carboxylic acids is 1. The normalized spacial score (nSPS) is 13.8. The van der Waals surface area contributed by atoms with Crippen molar-refractivity contribution in [2.24, 2.45) is 0 Å². The number of hydrogen-bond donors (Lipinski definition) is 3. The summed E-state index contributed by atoms with van der Waals surface area (Å²) in [6, 6.07) is 1.32. The van der Waals surface area contributed by atoms with Crippen LogP contribution in [0.4, 0.5) is 0 Å². The Morgan fingerprint density at radius 1 is 1.47 bits per heavy atom. The van der Waals surface area contributed by atoms with Crippen molar-refractivity contribution in [3.05, 3.63) is 23.7 Å². The molecule has 1 aromatic rings. The van der Waals surface area contributed by atoms with E-state index in [0.717, 1.165) is 0 Å². The first-order chi connectivity index (χ1) is 8.91. The number of aliphatic hydroxyl groups excluding tert-OH is 1. The van der Waals surface area contributed by atoms with Gasteiger partial charge in [-0.05, 0) is 25.8 Å². The SMILES string of the molecule is CCC(C)(CCO)NC(=O)Cc1occc1C(=O)O. The molecule has 0 aliphatic heterocycles. The second-order valence-electron chi connectivity index (χ2n) is 4.68. The van der Waals surface area contributed by atoms with Crippen molar-refractivity contribution in [2.45, 2.75) is 38.6 Å². The smallest absolute Gasteiger partial charge is 0.339 e. The molecular formula is C13H19NO5. The lowest BCUT2D eigenvalue weighted by Gasteiger charge is -2.28. The molecule has 0 saturated carbocycles. The summed E-state index contributed by atoms with van der Waals surface area (Å²) in [6.07, 6.45) is 2.23. The highest BCUT2D eigenvalue weighted by molar-refractivity contribution is 5.90. The summed E-state index contributed by atoms with van der Waals surface area (Å²) in [7, 11) is 0. The zero-order valence-electron chi connectivity index (χ0n) is 11.1. The average molecular weight is 269 g/mol. The number of hydrogen-bond acceptors (Lipinski definition) is 4. The van der Waals surface area contributed by atoms with Crippen molar-refractivity contribution in [1.82, 2.24) is 5.32 Å². The minimum Gasteiger partial charge on any atom is -0.478 e. The Morgan fingerprint density at radius 2 is 2.16 bits per heavy atom. The third-order valence-corrected chi connectivity index (χ3v) is 3.18. The Labute approximate surface area is 111 Å². The Kier molecular flexibility index (Phi) is 5.11. The van der Waals surface area contributed by atoms with Gasteiger partial charge < -0.3 is 19.9 Å². The van der Waals surface area contributed by atoms with E-state index in [-0.39, 0.29) is 30.3 Å². The summed E-state index contributed by atoms with van der Waals surface area (Å²) in [4.78, 5) is 22.8. The van der Waals surface area contributed by atoms with E-state index in [1.54, 1.807) is 0 Å². The Morgan fingerprint density at radius 3 is 2.68 bits per heavy atom. The quantitative estimate of drug-likeness (QED) is 0.690. The monoisotopic (exact) mass is 269 g/mol. The van der Waals surface area contributed by atoms with E-state index in [4.69, 9.17) is 14.6 Å². The Bertz CT molecular complexity index is 454. The van der Waals surface area contributed by atoms with Crippen molar-refractivity contribution in [3.63, 3.8) is 0 Å².